The van der Waals surface area contributed by atoms with Gasteiger partial charge >= 0.3 is 0 Å². The summed E-state index contributed by atoms with van der Waals surface area (Å²) in [6.45, 7) is 2.04. The maximum Gasteiger partial charge on any atom is 0.0580 e. The molecule has 0 saturated heterocycles. The molecule has 0 fully saturated rings. The second kappa shape index (κ2) is 4.45. The van der Waals surface area contributed by atoms with Crippen molar-refractivity contribution in [1.82, 2.24) is 14.5 Å². The molecule has 0 unspecified atom stereocenters. The molecule has 0 N–H and O–H groups in total. The summed E-state index contributed by atoms with van der Waals surface area (Å²) in [4.78, 5) is 6.38. The zero-order valence-electron chi connectivity index (χ0n) is 9.66. The molecular weight excluding hydrogens is 210 g/mol. The van der Waals surface area contributed by atoms with Gasteiger partial charge in [0.25, 0.3) is 0 Å². The normalized spacial score (nSPS) is 13.8. The molecular formula is C14H15N3. The van der Waals surface area contributed by atoms with Crippen LogP contribution in [0.2, 0.25) is 0 Å². The lowest BCUT2D eigenvalue weighted by atomic mass is 10.2. The standard InChI is InChI=1S/C14H15N3/c1-2-14-12-16(10-11-17(14)8-1)9-5-13-3-6-15-7-4-13/h1-4,6-8,10-11H,5,9,12H2. The van der Waals surface area contributed by atoms with Crippen molar-refractivity contribution in [1.29, 1.82) is 0 Å². The molecule has 0 bridgehead atoms. The van der Waals surface area contributed by atoms with Gasteiger partial charge in [-0.1, -0.05) is 0 Å². The zero-order valence-corrected chi connectivity index (χ0v) is 9.66. The molecule has 3 rings (SSSR count). The van der Waals surface area contributed by atoms with Gasteiger partial charge in [-0.15, -0.1) is 0 Å². The minimum absolute atomic E-state index is 0.995. The van der Waals surface area contributed by atoms with Crippen LogP contribution in [0.15, 0.2) is 49.1 Å². The highest BCUT2D eigenvalue weighted by Crippen LogP contribution is 2.13. The third-order valence-corrected chi connectivity index (χ3v) is 3.11. The SMILES string of the molecule is C1=Cn2cccc2CN1CCc1ccncc1. The largest absolute Gasteiger partial charge is 0.370 e. The molecule has 0 aliphatic carbocycles. The average Bonchev–Trinajstić information content (AvgIpc) is 2.85. The van der Waals surface area contributed by atoms with E-state index >= 15 is 0 Å². The van der Waals surface area contributed by atoms with Crippen LogP contribution < -0.4 is 0 Å². The number of rotatable bonds is 3. The molecule has 0 spiro atoms. The zero-order chi connectivity index (χ0) is 11.5. The Hall–Kier alpha value is -2.03. The van der Waals surface area contributed by atoms with E-state index in [4.69, 9.17) is 0 Å². The topological polar surface area (TPSA) is 21.1 Å². The lowest BCUT2D eigenvalue weighted by molar-refractivity contribution is 0.359. The molecule has 0 saturated carbocycles. The summed E-state index contributed by atoms with van der Waals surface area (Å²) in [5, 5.41) is 0. The maximum absolute atomic E-state index is 4.03. The van der Waals surface area contributed by atoms with E-state index in [0.717, 1.165) is 19.5 Å². The molecule has 1 aliphatic heterocycles. The van der Waals surface area contributed by atoms with Gasteiger partial charge in [0.1, 0.15) is 0 Å². The molecule has 3 nitrogen and oxygen atoms in total. The number of nitrogens with zero attached hydrogens (tertiary/aromatic N) is 3. The predicted octanol–water partition coefficient (Wildman–Crippen LogP) is 2.37. The van der Waals surface area contributed by atoms with Gasteiger partial charge in [-0.25, -0.2) is 0 Å². The Bertz CT molecular complexity index is 513. The minimum Gasteiger partial charge on any atom is -0.370 e. The summed E-state index contributed by atoms with van der Waals surface area (Å²) in [5.74, 6) is 0. The Kier molecular flexibility index (Phi) is 2.66. The van der Waals surface area contributed by atoms with E-state index in [9.17, 15) is 0 Å². The van der Waals surface area contributed by atoms with Gasteiger partial charge in [0, 0.05) is 43.2 Å². The molecule has 0 aromatic carbocycles. The third-order valence-electron chi connectivity index (χ3n) is 3.11. The molecule has 0 amide bonds. The quantitative estimate of drug-likeness (QED) is 0.799. The van der Waals surface area contributed by atoms with Gasteiger partial charge in [-0.05, 0) is 36.2 Å². The van der Waals surface area contributed by atoms with Crippen molar-refractivity contribution >= 4 is 6.20 Å². The van der Waals surface area contributed by atoms with Gasteiger partial charge in [0.15, 0.2) is 0 Å². The van der Waals surface area contributed by atoms with E-state index in [0.29, 0.717) is 0 Å². The fourth-order valence-corrected chi connectivity index (χ4v) is 2.11. The van der Waals surface area contributed by atoms with Crippen molar-refractivity contribution in [3.63, 3.8) is 0 Å². The van der Waals surface area contributed by atoms with Crippen LogP contribution in [0.1, 0.15) is 11.3 Å². The summed E-state index contributed by atoms with van der Waals surface area (Å²) >= 11 is 0. The Balaban J connectivity index is 1.61. The first-order chi connectivity index (χ1) is 8.42. The summed E-state index contributed by atoms with van der Waals surface area (Å²) in [6.07, 6.45) is 11.1. The second-order valence-corrected chi connectivity index (χ2v) is 4.28. The molecule has 2 aromatic heterocycles. The summed E-state index contributed by atoms with van der Waals surface area (Å²) < 4.78 is 2.17. The number of hydrogen-bond acceptors (Lipinski definition) is 2. The van der Waals surface area contributed by atoms with E-state index in [1.54, 1.807) is 0 Å². The first-order valence-corrected chi connectivity index (χ1v) is 5.89. The van der Waals surface area contributed by atoms with Crippen molar-refractivity contribution in [2.45, 2.75) is 13.0 Å². The van der Waals surface area contributed by atoms with E-state index in [1.807, 2.05) is 12.4 Å². The summed E-state index contributed by atoms with van der Waals surface area (Å²) in [5.41, 5.74) is 2.69. The van der Waals surface area contributed by atoms with Crippen LogP contribution in [0.25, 0.3) is 6.20 Å². The van der Waals surface area contributed by atoms with Crippen LogP contribution in [-0.2, 0) is 13.0 Å². The highest BCUT2D eigenvalue weighted by atomic mass is 15.2. The Morgan fingerprint density at radius 1 is 1.12 bits per heavy atom. The summed E-state index contributed by atoms with van der Waals surface area (Å²) in [6, 6.07) is 8.42. The van der Waals surface area contributed by atoms with E-state index < -0.39 is 0 Å². The number of hydrogen-bond donors (Lipinski definition) is 0. The molecule has 17 heavy (non-hydrogen) atoms. The summed E-state index contributed by atoms with van der Waals surface area (Å²) in [7, 11) is 0. The highest BCUT2D eigenvalue weighted by Gasteiger charge is 2.09. The van der Waals surface area contributed by atoms with Crippen LogP contribution in [0.5, 0.6) is 0 Å². The Labute approximate surface area is 101 Å². The van der Waals surface area contributed by atoms with E-state index in [2.05, 4.69) is 57.3 Å². The molecule has 1 aliphatic rings. The molecule has 0 radical (unpaired) electrons. The van der Waals surface area contributed by atoms with Crippen molar-refractivity contribution in [3.05, 3.63) is 60.3 Å². The fourth-order valence-electron chi connectivity index (χ4n) is 2.11. The highest BCUT2D eigenvalue weighted by molar-refractivity contribution is 5.31. The lowest BCUT2D eigenvalue weighted by Gasteiger charge is -2.24. The first kappa shape index (κ1) is 10.1. The monoisotopic (exact) mass is 225 g/mol. The maximum atomic E-state index is 4.03. The molecule has 0 atom stereocenters. The van der Waals surface area contributed by atoms with Crippen molar-refractivity contribution in [3.8, 4) is 0 Å². The van der Waals surface area contributed by atoms with Crippen LogP contribution in [0, 0.1) is 0 Å². The van der Waals surface area contributed by atoms with Crippen molar-refractivity contribution in [2.75, 3.05) is 6.54 Å². The molecule has 3 heteroatoms. The smallest absolute Gasteiger partial charge is 0.0580 e. The van der Waals surface area contributed by atoms with Gasteiger partial charge in [-0.3, -0.25) is 4.98 Å². The number of aromatic nitrogens is 2. The third kappa shape index (κ3) is 2.23. The van der Waals surface area contributed by atoms with Crippen molar-refractivity contribution < 1.29 is 0 Å². The van der Waals surface area contributed by atoms with Gasteiger partial charge in [-0.2, -0.15) is 0 Å². The van der Waals surface area contributed by atoms with E-state index in [1.165, 1.54) is 11.3 Å². The molecule has 2 aromatic rings. The van der Waals surface area contributed by atoms with Crippen LogP contribution in [-0.4, -0.2) is 21.0 Å². The molecule has 3 heterocycles. The first-order valence-electron chi connectivity index (χ1n) is 5.89. The lowest BCUT2D eigenvalue weighted by Crippen LogP contribution is -2.23. The molecule has 86 valence electrons. The predicted molar refractivity (Wildman–Crippen MR) is 68.1 cm³/mol. The average molecular weight is 225 g/mol. The fraction of sp³-hybridized carbons (Fsp3) is 0.214. The van der Waals surface area contributed by atoms with Crippen LogP contribution in [0.3, 0.4) is 0 Å². The second-order valence-electron chi connectivity index (χ2n) is 4.28. The van der Waals surface area contributed by atoms with Crippen LogP contribution >= 0.6 is 0 Å². The van der Waals surface area contributed by atoms with Gasteiger partial charge in [0.05, 0.1) is 6.54 Å². The number of fused-ring (bicyclic) bond motifs is 1. The van der Waals surface area contributed by atoms with E-state index in [-0.39, 0.29) is 0 Å². The van der Waals surface area contributed by atoms with Crippen molar-refractivity contribution in [2.24, 2.45) is 0 Å². The van der Waals surface area contributed by atoms with Crippen LogP contribution in [0.4, 0.5) is 0 Å². The van der Waals surface area contributed by atoms with Gasteiger partial charge < -0.3 is 9.47 Å². The minimum atomic E-state index is 0.995. The Morgan fingerprint density at radius 3 is 2.88 bits per heavy atom. The van der Waals surface area contributed by atoms with Gasteiger partial charge in [0.2, 0.25) is 0 Å². The Morgan fingerprint density at radius 2 is 2.00 bits per heavy atom. The number of pyridine rings is 1.